The number of aliphatic hydroxyl groups is 1. The summed E-state index contributed by atoms with van der Waals surface area (Å²) in [6.45, 7) is -0.130. The number of halogens is 1. The van der Waals surface area contributed by atoms with Crippen molar-refractivity contribution in [3.8, 4) is 5.75 Å². The number of aryl methyl sites for hydroxylation is 1. The van der Waals surface area contributed by atoms with E-state index in [0.717, 1.165) is 23.3 Å². The fraction of sp³-hybridized carbons (Fsp3) is 0.462. The van der Waals surface area contributed by atoms with E-state index in [-0.39, 0.29) is 18.4 Å². The molecule has 0 saturated heterocycles. The number of carbonyl (C=O) groups is 1. The number of methoxy groups -OCH3 is 1. The minimum absolute atomic E-state index is 0.104. The first-order chi connectivity index (χ1) is 8.65. The molecule has 2 N–H and O–H groups in total. The molecule has 4 nitrogen and oxygen atoms in total. The van der Waals surface area contributed by atoms with Gasteiger partial charge in [0.2, 0.25) is 5.91 Å². The van der Waals surface area contributed by atoms with Crippen LogP contribution in [0.5, 0.6) is 5.75 Å². The van der Waals surface area contributed by atoms with Gasteiger partial charge in [-0.2, -0.15) is 0 Å². The molecule has 0 spiro atoms. The maximum absolute atomic E-state index is 11.5. The van der Waals surface area contributed by atoms with Crippen LogP contribution in [0.15, 0.2) is 18.2 Å². The highest BCUT2D eigenvalue weighted by molar-refractivity contribution is 6.27. The topological polar surface area (TPSA) is 58.6 Å². The Hall–Kier alpha value is -1.26. The number of ether oxygens (including phenoxy) is 1. The van der Waals surface area contributed by atoms with Crippen LogP contribution >= 0.6 is 11.6 Å². The van der Waals surface area contributed by atoms with Gasteiger partial charge in [-0.3, -0.25) is 4.79 Å². The predicted molar refractivity (Wildman–Crippen MR) is 68.9 cm³/mol. The van der Waals surface area contributed by atoms with Gasteiger partial charge in [0.15, 0.2) is 0 Å². The molecule has 1 aliphatic rings. The number of alkyl halides is 1. The molecule has 0 fully saturated rings. The second-order valence-corrected chi connectivity index (χ2v) is 4.71. The lowest BCUT2D eigenvalue weighted by Crippen LogP contribution is -2.47. The van der Waals surface area contributed by atoms with Crippen molar-refractivity contribution in [1.82, 2.24) is 5.32 Å². The van der Waals surface area contributed by atoms with Crippen LogP contribution in [0.2, 0.25) is 0 Å². The molecule has 5 heteroatoms. The summed E-state index contributed by atoms with van der Waals surface area (Å²) >= 11 is 5.51. The molecule has 2 rings (SSSR count). The van der Waals surface area contributed by atoms with Gasteiger partial charge < -0.3 is 15.2 Å². The summed E-state index contributed by atoms with van der Waals surface area (Å²) in [5.74, 6) is 0.410. The summed E-state index contributed by atoms with van der Waals surface area (Å²) in [7, 11) is 1.62. The van der Waals surface area contributed by atoms with E-state index >= 15 is 0 Å². The van der Waals surface area contributed by atoms with Gasteiger partial charge in [-0.25, -0.2) is 0 Å². The van der Waals surface area contributed by atoms with Crippen LogP contribution in [-0.4, -0.2) is 30.6 Å². The molecule has 1 unspecified atom stereocenters. The third-order valence-corrected chi connectivity index (χ3v) is 3.66. The van der Waals surface area contributed by atoms with Crippen LogP contribution in [0.1, 0.15) is 17.5 Å². The molecule has 1 atom stereocenters. The van der Waals surface area contributed by atoms with Crippen LogP contribution in [-0.2, 0) is 16.8 Å². The van der Waals surface area contributed by atoms with E-state index in [9.17, 15) is 9.90 Å². The Labute approximate surface area is 111 Å². The highest BCUT2D eigenvalue weighted by atomic mass is 35.5. The van der Waals surface area contributed by atoms with E-state index in [4.69, 9.17) is 16.3 Å². The highest BCUT2D eigenvalue weighted by Crippen LogP contribution is 2.38. The Kier molecular flexibility index (Phi) is 3.78. The SMILES string of the molecule is COc1ccc2c(c1)CCC2(CO)NC(=O)CCl. The molecule has 1 aromatic carbocycles. The Morgan fingerprint density at radius 2 is 2.39 bits per heavy atom. The third-order valence-electron chi connectivity index (χ3n) is 3.42. The summed E-state index contributed by atoms with van der Waals surface area (Å²) in [5.41, 5.74) is 1.34. The number of hydrogen-bond acceptors (Lipinski definition) is 3. The molecule has 18 heavy (non-hydrogen) atoms. The average Bonchev–Trinajstić information content (AvgIpc) is 2.77. The molecule has 0 heterocycles. The van der Waals surface area contributed by atoms with E-state index in [1.54, 1.807) is 7.11 Å². The number of rotatable bonds is 4. The van der Waals surface area contributed by atoms with Gasteiger partial charge in [0.05, 0.1) is 19.3 Å². The van der Waals surface area contributed by atoms with Crippen molar-refractivity contribution >= 4 is 17.5 Å². The number of carbonyl (C=O) groups excluding carboxylic acids is 1. The summed E-state index contributed by atoms with van der Waals surface area (Å²) < 4.78 is 5.17. The van der Waals surface area contributed by atoms with Crippen LogP contribution in [0.25, 0.3) is 0 Å². The van der Waals surface area contributed by atoms with Gasteiger partial charge in [0.25, 0.3) is 0 Å². The lowest BCUT2D eigenvalue weighted by atomic mass is 9.92. The molecule has 1 aromatic rings. The van der Waals surface area contributed by atoms with Crippen LogP contribution in [0.4, 0.5) is 0 Å². The zero-order chi connectivity index (χ0) is 13.2. The first-order valence-corrected chi connectivity index (χ1v) is 6.34. The molecule has 1 aliphatic carbocycles. The van der Waals surface area contributed by atoms with Gasteiger partial charge >= 0.3 is 0 Å². The molecule has 0 bridgehead atoms. The third kappa shape index (κ3) is 2.18. The van der Waals surface area contributed by atoms with Gasteiger partial charge in [-0.1, -0.05) is 6.07 Å². The van der Waals surface area contributed by atoms with Crippen molar-refractivity contribution < 1.29 is 14.6 Å². The number of hydrogen-bond donors (Lipinski definition) is 2. The van der Waals surface area contributed by atoms with Gasteiger partial charge in [0.1, 0.15) is 11.6 Å². The summed E-state index contributed by atoms with van der Waals surface area (Å²) in [6, 6.07) is 5.67. The lowest BCUT2D eigenvalue weighted by Gasteiger charge is -2.29. The second-order valence-electron chi connectivity index (χ2n) is 4.45. The zero-order valence-corrected chi connectivity index (χ0v) is 11.0. The Morgan fingerprint density at radius 3 is 3.00 bits per heavy atom. The van der Waals surface area contributed by atoms with Crippen molar-refractivity contribution in [2.75, 3.05) is 19.6 Å². The maximum Gasteiger partial charge on any atom is 0.235 e. The molecule has 0 saturated carbocycles. The summed E-state index contributed by atoms with van der Waals surface area (Å²) in [6.07, 6.45) is 1.48. The van der Waals surface area contributed by atoms with Crippen LogP contribution in [0, 0.1) is 0 Å². The Morgan fingerprint density at radius 1 is 1.61 bits per heavy atom. The maximum atomic E-state index is 11.5. The smallest absolute Gasteiger partial charge is 0.235 e. The molecule has 1 amide bonds. The van der Waals surface area contributed by atoms with Crippen molar-refractivity contribution in [1.29, 1.82) is 0 Å². The molecule has 98 valence electrons. The number of amides is 1. The fourth-order valence-corrected chi connectivity index (χ4v) is 2.55. The van der Waals surface area contributed by atoms with Gasteiger partial charge in [-0.05, 0) is 36.1 Å². The quantitative estimate of drug-likeness (QED) is 0.807. The number of aliphatic hydroxyl groups excluding tert-OH is 1. The Bertz CT molecular complexity index is 464. The number of benzene rings is 1. The van der Waals surface area contributed by atoms with Crippen LogP contribution in [0.3, 0.4) is 0 Å². The summed E-state index contributed by atoms with van der Waals surface area (Å²) in [4.78, 5) is 11.5. The molecule has 0 aliphatic heterocycles. The molecular weight excluding hydrogens is 254 g/mol. The van der Waals surface area contributed by atoms with Crippen molar-refractivity contribution in [3.05, 3.63) is 29.3 Å². The largest absolute Gasteiger partial charge is 0.497 e. The van der Waals surface area contributed by atoms with Crippen LogP contribution < -0.4 is 10.1 Å². The first kappa shape index (κ1) is 13.2. The van der Waals surface area contributed by atoms with Crippen molar-refractivity contribution in [2.45, 2.75) is 18.4 Å². The van der Waals surface area contributed by atoms with Crippen molar-refractivity contribution in [3.63, 3.8) is 0 Å². The van der Waals surface area contributed by atoms with E-state index in [2.05, 4.69) is 5.32 Å². The number of fused-ring (bicyclic) bond motifs is 1. The van der Waals surface area contributed by atoms with E-state index in [0.29, 0.717) is 6.42 Å². The molecule has 0 aromatic heterocycles. The van der Waals surface area contributed by atoms with Gasteiger partial charge in [0, 0.05) is 0 Å². The highest BCUT2D eigenvalue weighted by Gasteiger charge is 2.39. The Balaban J connectivity index is 2.35. The van der Waals surface area contributed by atoms with Gasteiger partial charge in [-0.15, -0.1) is 11.6 Å². The number of nitrogens with one attached hydrogen (secondary N) is 1. The van der Waals surface area contributed by atoms with E-state index < -0.39 is 5.54 Å². The lowest BCUT2D eigenvalue weighted by molar-refractivity contribution is -0.121. The minimum atomic E-state index is -0.701. The average molecular weight is 270 g/mol. The zero-order valence-electron chi connectivity index (χ0n) is 10.2. The van der Waals surface area contributed by atoms with E-state index in [1.165, 1.54) is 0 Å². The monoisotopic (exact) mass is 269 g/mol. The second kappa shape index (κ2) is 5.16. The summed E-state index contributed by atoms with van der Waals surface area (Å²) in [5, 5.41) is 12.5. The standard InChI is InChI=1S/C13H16ClNO3/c1-18-10-2-3-11-9(6-10)4-5-13(11,8-16)15-12(17)7-14/h2-3,6,16H,4-5,7-8H2,1H3,(H,15,17). The normalized spacial score (nSPS) is 21.5. The molecule has 0 radical (unpaired) electrons. The predicted octanol–water partition coefficient (Wildman–Crippen LogP) is 1.18. The minimum Gasteiger partial charge on any atom is -0.497 e. The van der Waals surface area contributed by atoms with Crippen molar-refractivity contribution in [2.24, 2.45) is 0 Å². The molecular formula is C13H16ClNO3. The van der Waals surface area contributed by atoms with E-state index in [1.807, 2.05) is 18.2 Å². The first-order valence-electron chi connectivity index (χ1n) is 5.80. The fourth-order valence-electron chi connectivity index (χ4n) is 2.49.